The molecule has 2 amide bonds. The number of hydrogen-bond donors (Lipinski definition) is 0. The Bertz CT molecular complexity index is 856. The van der Waals surface area contributed by atoms with Gasteiger partial charge >= 0.3 is 0 Å². The van der Waals surface area contributed by atoms with Crippen LogP contribution in [0.25, 0.3) is 0 Å². The maximum absolute atomic E-state index is 13.2. The number of amides is 2. The Hall–Kier alpha value is -2.93. The molecule has 0 N–H and O–H groups in total. The first-order valence-electron chi connectivity index (χ1n) is 11.0. The average molecular weight is 424 g/mol. The predicted molar refractivity (Wildman–Crippen MR) is 116 cm³/mol. The van der Waals surface area contributed by atoms with Crippen molar-refractivity contribution in [2.75, 3.05) is 32.8 Å². The fourth-order valence-corrected chi connectivity index (χ4v) is 4.23. The van der Waals surface area contributed by atoms with Crippen LogP contribution in [0, 0.1) is 0 Å². The Balaban J connectivity index is 1.40. The van der Waals surface area contributed by atoms with Crippen LogP contribution in [0.5, 0.6) is 5.75 Å². The zero-order valence-corrected chi connectivity index (χ0v) is 17.7. The van der Waals surface area contributed by atoms with Crippen LogP contribution in [0.15, 0.2) is 54.9 Å². The van der Waals surface area contributed by atoms with Crippen LogP contribution in [0.2, 0.25) is 0 Å². The van der Waals surface area contributed by atoms with E-state index in [1.165, 1.54) is 5.56 Å². The molecule has 2 unspecified atom stereocenters. The predicted octanol–water partition coefficient (Wildman–Crippen LogP) is 2.31. The molecule has 2 fully saturated rings. The molecule has 1 aromatic heterocycles. The minimum absolute atomic E-state index is 0.00278. The lowest BCUT2D eigenvalue weighted by atomic mass is 10.1. The highest BCUT2D eigenvalue weighted by molar-refractivity contribution is 5.88. The van der Waals surface area contributed by atoms with Crippen molar-refractivity contribution in [1.82, 2.24) is 14.8 Å². The third-order valence-electron chi connectivity index (χ3n) is 5.83. The van der Waals surface area contributed by atoms with Gasteiger partial charge in [-0.15, -0.1) is 0 Å². The number of aryl methyl sites for hydroxylation is 1. The van der Waals surface area contributed by atoms with Gasteiger partial charge in [0.05, 0.1) is 26.0 Å². The number of nitrogens with zero attached hydrogens (tertiary/aromatic N) is 3. The van der Waals surface area contributed by atoms with Gasteiger partial charge in [-0.3, -0.25) is 14.6 Å². The second-order valence-corrected chi connectivity index (χ2v) is 8.00. The second-order valence-electron chi connectivity index (χ2n) is 8.00. The fraction of sp³-hybridized carbons (Fsp3) is 0.458. The van der Waals surface area contributed by atoms with Gasteiger partial charge < -0.3 is 19.3 Å². The molecule has 0 aliphatic carbocycles. The number of rotatable bonds is 7. The summed E-state index contributed by atoms with van der Waals surface area (Å²) in [6.45, 7) is 2.64. The Morgan fingerprint density at radius 3 is 2.65 bits per heavy atom. The molecule has 0 radical (unpaired) electrons. The van der Waals surface area contributed by atoms with Crippen LogP contribution >= 0.6 is 0 Å². The van der Waals surface area contributed by atoms with Crippen LogP contribution in [-0.4, -0.2) is 71.6 Å². The summed E-state index contributed by atoms with van der Waals surface area (Å²) in [7, 11) is 0. The molecular formula is C24H29N3O4. The van der Waals surface area contributed by atoms with Crippen molar-refractivity contribution in [2.24, 2.45) is 0 Å². The number of carbonyl (C=O) groups is 2. The van der Waals surface area contributed by atoms with E-state index in [4.69, 9.17) is 9.47 Å². The highest BCUT2D eigenvalue weighted by atomic mass is 16.5. The molecular weight excluding hydrogens is 394 g/mol. The molecule has 2 aromatic rings. The van der Waals surface area contributed by atoms with Crippen LogP contribution in [0.3, 0.4) is 0 Å². The maximum Gasteiger partial charge on any atom is 0.245 e. The first-order valence-corrected chi connectivity index (χ1v) is 11.0. The van der Waals surface area contributed by atoms with Crippen molar-refractivity contribution in [3.05, 3.63) is 60.4 Å². The topological polar surface area (TPSA) is 72.0 Å². The summed E-state index contributed by atoms with van der Waals surface area (Å²) in [5, 5.41) is 0. The molecule has 0 saturated carbocycles. The third-order valence-corrected chi connectivity index (χ3v) is 5.83. The molecule has 4 rings (SSSR count). The van der Waals surface area contributed by atoms with Crippen LogP contribution in [-0.2, 0) is 20.7 Å². The lowest BCUT2D eigenvalue weighted by Crippen LogP contribution is -2.51. The van der Waals surface area contributed by atoms with Crippen molar-refractivity contribution >= 4 is 11.8 Å². The van der Waals surface area contributed by atoms with Gasteiger partial charge in [0, 0.05) is 32.1 Å². The number of likely N-dealkylation sites (tertiary alicyclic amines) is 1. The summed E-state index contributed by atoms with van der Waals surface area (Å²) in [5.74, 6) is 0.667. The average Bonchev–Trinajstić information content (AvgIpc) is 3.24. The summed E-state index contributed by atoms with van der Waals surface area (Å²) in [6.07, 6.45) is 5.64. The van der Waals surface area contributed by atoms with Crippen molar-refractivity contribution in [1.29, 1.82) is 0 Å². The first-order chi connectivity index (χ1) is 15.2. The van der Waals surface area contributed by atoms with Gasteiger partial charge in [0.25, 0.3) is 0 Å². The molecule has 0 bridgehead atoms. The standard InChI is InChI=1S/C24H29N3O4/c28-23(10-4-8-19-6-2-1-3-7-19)27-18-21(31-20-9-5-11-25-17-20)16-22(27)24(29)26-12-14-30-15-13-26/h1-3,5-7,9,11,17,21-22H,4,8,10,12-16,18H2. The summed E-state index contributed by atoms with van der Waals surface area (Å²) in [6, 6.07) is 13.3. The van der Waals surface area contributed by atoms with Crippen molar-refractivity contribution < 1.29 is 19.1 Å². The van der Waals surface area contributed by atoms with Gasteiger partial charge in [0.2, 0.25) is 11.8 Å². The van der Waals surface area contributed by atoms with E-state index >= 15 is 0 Å². The van der Waals surface area contributed by atoms with E-state index in [0.717, 1.165) is 12.8 Å². The minimum Gasteiger partial charge on any atom is -0.487 e. The van der Waals surface area contributed by atoms with Crippen LogP contribution in [0.1, 0.15) is 24.8 Å². The summed E-state index contributed by atoms with van der Waals surface area (Å²) in [5.41, 5.74) is 1.22. The molecule has 7 nitrogen and oxygen atoms in total. The van der Waals surface area contributed by atoms with Gasteiger partial charge in [-0.05, 0) is 30.5 Å². The maximum atomic E-state index is 13.2. The SMILES string of the molecule is O=C(C1CC(Oc2cccnc2)CN1C(=O)CCCc1ccccc1)N1CCOCC1. The zero-order valence-electron chi connectivity index (χ0n) is 17.7. The lowest BCUT2D eigenvalue weighted by Gasteiger charge is -2.32. The quantitative estimate of drug-likeness (QED) is 0.684. The Kier molecular flexibility index (Phi) is 7.14. The van der Waals surface area contributed by atoms with E-state index in [0.29, 0.717) is 51.4 Å². The van der Waals surface area contributed by atoms with Crippen LogP contribution < -0.4 is 4.74 Å². The number of pyridine rings is 1. The molecule has 3 heterocycles. The van der Waals surface area contributed by atoms with Crippen LogP contribution in [0.4, 0.5) is 0 Å². The third kappa shape index (κ3) is 5.61. The molecule has 2 aliphatic rings. The van der Waals surface area contributed by atoms with E-state index < -0.39 is 6.04 Å². The monoisotopic (exact) mass is 423 g/mol. The summed E-state index contributed by atoms with van der Waals surface area (Å²) in [4.78, 5) is 33.9. The summed E-state index contributed by atoms with van der Waals surface area (Å²) < 4.78 is 11.4. The minimum atomic E-state index is -0.482. The number of carbonyl (C=O) groups excluding carboxylic acids is 2. The highest BCUT2D eigenvalue weighted by Crippen LogP contribution is 2.26. The van der Waals surface area contributed by atoms with Crippen molar-refractivity contribution in [2.45, 2.75) is 37.8 Å². The molecule has 2 aliphatic heterocycles. The molecule has 0 spiro atoms. The zero-order chi connectivity index (χ0) is 21.5. The lowest BCUT2D eigenvalue weighted by molar-refractivity contribution is -0.146. The van der Waals surface area contributed by atoms with Gasteiger partial charge in [-0.2, -0.15) is 0 Å². The molecule has 164 valence electrons. The molecule has 1 aromatic carbocycles. The Labute approximate surface area is 183 Å². The van der Waals surface area contributed by atoms with Crippen molar-refractivity contribution in [3.8, 4) is 5.75 Å². The smallest absolute Gasteiger partial charge is 0.245 e. The second kappa shape index (κ2) is 10.4. The van der Waals surface area contributed by atoms with Gasteiger partial charge in [0.1, 0.15) is 17.9 Å². The highest BCUT2D eigenvalue weighted by Gasteiger charge is 2.42. The largest absolute Gasteiger partial charge is 0.487 e. The molecule has 2 saturated heterocycles. The fourth-order valence-electron chi connectivity index (χ4n) is 4.23. The number of aromatic nitrogens is 1. The summed E-state index contributed by atoms with van der Waals surface area (Å²) >= 11 is 0. The Morgan fingerprint density at radius 2 is 1.90 bits per heavy atom. The molecule has 2 atom stereocenters. The molecule has 31 heavy (non-hydrogen) atoms. The first kappa shape index (κ1) is 21.3. The normalized spacial score (nSPS) is 21.2. The van der Waals surface area contributed by atoms with E-state index in [9.17, 15) is 9.59 Å². The van der Waals surface area contributed by atoms with E-state index in [2.05, 4.69) is 17.1 Å². The van der Waals surface area contributed by atoms with E-state index in [1.807, 2.05) is 35.2 Å². The number of hydrogen-bond acceptors (Lipinski definition) is 5. The Morgan fingerprint density at radius 1 is 1.10 bits per heavy atom. The number of morpholine rings is 1. The molecule has 7 heteroatoms. The van der Waals surface area contributed by atoms with Gasteiger partial charge in [-0.25, -0.2) is 0 Å². The number of ether oxygens (including phenoxy) is 2. The number of benzene rings is 1. The van der Waals surface area contributed by atoms with E-state index in [-0.39, 0.29) is 17.9 Å². The van der Waals surface area contributed by atoms with E-state index in [1.54, 1.807) is 17.3 Å². The van der Waals surface area contributed by atoms with Gasteiger partial charge in [0.15, 0.2) is 0 Å². The van der Waals surface area contributed by atoms with Gasteiger partial charge in [-0.1, -0.05) is 30.3 Å². The van der Waals surface area contributed by atoms with Crippen molar-refractivity contribution in [3.63, 3.8) is 0 Å².